The number of allylic oxidation sites excluding steroid dienone is 1. The highest BCUT2D eigenvalue weighted by Gasteiger charge is 2.32. The summed E-state index contributed by atoms with van der Waals surface area (Å²) in [6.45, 7) is 1.73. The van der Waals surface area contributed by atoms with Crippen molar-refractivity contribution >= 4 is 35.2 Å². The largest absolute Gasteiger partial charge is 0.497 e. The molecule has 2 aromatic rings. The molecule has 0 bridgehead atoms. The van der Waals surface area contributed by atoms with Crippen LogP contribution in [0.15, 0.2) is 53.7 Å². The Labute approximate surface area is 172 Å². The molecular formula is C20H18Cl2N2O4. The van der Waals surface area contributed by atoms with Crippen molar-refractivity contribution in [2.24, 2.45) is 0 Å². The van der Waals surface area contributed by atoms with Crippen molar-refractivity contribution in [2.75, 3.05) is 7.11 Å². The minimum atomic E-state index is -0.702. The molecule has 2 N–H and O–H groups in total. The molecule has 2 aromatic carbocycles. The van der Waals surface area contributed by atoms with Crippen molar-refractivity contribution in [3.05, 3.63) is 74.9 Å². The number of rotatable bonds is 5. The number of halogens is 2. The van der Waals surface area contributed by atoms with Crippen LogP contribution in [-0.2, 0) is 16.1 Å². The fraction of sp³-hybridized carbons (Fsp3) is 0.200. The first kappa shape index (κ1) is 20.0. The third-order valence-corrected chi connectivity index (χ3v) is 5.03. The van der Waals surface area contributed by atoms with Crippen LogP contribution >= 0.6 is 23.2 Å². The summed E-state index contributed by atoms with van der Waals surface area (Å²) >= 11 is 12.1. The summed E-state index contributed by atoms with van der Waals surface area (Å²) in [4.78, 5) is 24.7. The first-order valence-corrected chi connectivity index (χ1v) is 9.18. The number of hydrogen-bond donors (Lipinski definition) is 2. The molecule has 2 amide bonds. The van der Waals surface area contributed by atoms with Crippen LogP contribution in [0, 0.1) is 0 Å². The van der Waals surface area contributed by atoms with E-state index in [0.717, 1.165) is 5.56 Å². The van der Waals surface area contributed by atoms with Crippen molar-refractivity contribution < 1.29 is 19.1 Å². The smallest absolute Gasteiger partial charge is 0.338 e. The van der Waals surface area contributed by atoms with Crippen molar-refractivity contribution in [2.45, 2.75) is 19.6 Å². The van der Waals surface area contributed by atoms with Gasteiger partial charge in [-0.3, -0.25) is 0 Å². The Morgan fingerprint density at radius 3 is 2.46 bits per heavy atom. The highest BCUT2D eigenvalue weighted by molar-refractivity contribution is 6.42. The zero-order valence-corrected chi connectivity index (χ0v) is 16.7. The van der Waals surface area contributed by atoms with Crippen LogP contribution < -0.4 is 15.4 Å². The zero-order chi connectivity index (χ0) is 20.3. The standard InChI is InChI=1S/C20H18Cl2N2O4/c1-11-17(19(25)28-10-12-3-6-14(27-2)7-4-12)18(24-20(26)23-11)13-5-8-15(21)16(22)9-13/h3-9,18H,10H2,1-2H3,(H2,23,24,26)/t18-/m1/s1. The van der Waals surface area contributed by atoms with E-state index in [2.05, 4.69) is 10.6 Å². The van der Waals surface area contributed by atoms with E-state index in [9.17, 15) is 9.59 Å². The topological polar surface area (TPSA) is 76.7 Å². The lowest BCUT2D eigenvalue weighted by molar-refractivity contribution is -0.140. The van der Waals surface area contributed by atoms with Crippen LogP contribution in [0.5, 0.6) is 5.75 Å². The van der Waals surface area contributed by atoms with Crippen molar-refractivity contribution in [1.82, 2.24) is 10.6 Å². The van der Waals surface area contributed by atoms with Gasteiger partial charge in [0.15, 0.2) is 0 Å². The average Bonchev–Trinajstić information content (AvgIpc) is 2.68. The van der Waals surface area contributed by atoms with E-state index in [1.165, 1.54) is 0 Å². The fourth-order valence-electron chi connectivity index (χ4n) is 2.85. The minimum Gasteiger partial charge on any atom is -0.497 e. The maximum atomic E-state index is 12.8. The molecule has 0 aliphatic carbocycles. The third-order valence-electron chi connectivity index (χ3n) is 4.30. The molecule has 1 aliphatic rings. The predicted octanol–water partition coefficient (Wildman–Crippen LogP) is 4.37. The number of ether oxygens (including phenoxy) is 2. The number of hydrogen-bond acceptors (Lipinski definition) is 4. The number of nitrogens with one attached hydrogen (secondary N) is 2. The highest BCUT2D eigenvalue weighted by Crippen LogP contribution is 2.32. The van der Waals surface area contributed by atoms with Crippen LogP contribution in [0.4, 0.5) is 4.79 Å². The van der Waals surface area contributed by atoms with E-state index in [4.69, 9.17) is 32.7 Å². The first-order chi connectivity index (χ1) is 13.4. The summed E-state index contributed by atoms with van der Waals surface area (Å²) in [7, 11) is 1.58. The third kappa shape index (κ3) is 4.40. The van der Waals surface area contributed by atoms with Gasteiger partial charge in [0.2, 0.25) is 0 Å². The van der Waals surface area contributed by atoms with E-state index in [0.29, 0.717) is 32.6 Å². The second-order valence-corrected chi connectivity index (χ2v) is 6.98. The van der Waals surface area contributed by atoms with Gasteiger partial charge in [-0.15, -0.1) is 0 Å². The quantitative estimate of drug-likeness (QED) is 0.703. The number of carbonyl (C=O) groups excluding carboxylic acids is 2. The summed E-state index contributed by atoms with van der Waals surface area (Å²) in [6.07, 6.45) is 0. The maximum Gasteiger partial charge on any atom is 0.338 e. The van der Waals surface area contributed by atoms with Gasteiger partial charge in [0, 0.05) is 5.70 Å². The van der Waals surface area contributed by atoms with Gasteiger partial charge in [0.1, 0.15) is 12.4 Å². The number of esters is 1. The van der Waals surface area contributed by atoms with E-state index in [1.807, 2.05) is 12.1 Å². The number of methoxy groups -OCH3 is 1. The molecule has 0 aromatic heterocycles. The number of benzene rings is 2. The predicted molar refractivity (Wildman–Crippen MR) is 106 cm³/mol. The number of carbonyl (C=O) groups is 2. The molecule has 1 atom stereocenters. The Morgan fingerprint density at radius 2 is 1.82 bits per heavy atom. The van der Waals surface area contributed by atoms with Crippen LogP contribution in [0.3, 0.4) is 0 Å². The van der Waals surface area contributed by atoms with Crippen LogP contribution in [0.1, 0.15) is 24.1 Å². The van der Waals surface area contributed by atoms with E-state index in [1.54, 1.807) is 44.4 Å². The SMILES string of the molecule is COc1ccc(COC(=O)C2=C(C)NC(=O)N[C@@H]2c2ccc(Cl)c(Cl)c2)cc1. The Morgan fingerprint density at radius 1 is 1.11 bits per heavy atom. The van der Waals surface area contributed by atoms with E-state index >= 15 is 0 Å². The minimum absolute atomic E-state index is 0.0850. The summed E-state index contributed by atoms with van der Waals surface area (Å²) in [5.41, 5.74) is 2.15. The van der Waals surface area contributed by atoms with Crippen molar-refractivity contribution in [3.8, 4) is 5.75 Å². The van der Waals surface area contributed by atoms with Crippen molar-refractivity contribution in [1.29, 1.82) is 0 Å². The van der Waals surface area contributed by atoms with Gasteiger partial charge in [-0.05, 0) is 42.3 Å². The molecule has 0 saturated heterocycles. The molecule has 146 valence electrons. The molecule has 1 aliphatic heterocycles. The Kier molecular flexibility index (Phi) is 6.11. The summed E-state index contributed by atoms with van der Waals surface area (Å²) in [5, 5.41) is 6.04. The maximum absolute atomic E-state index is 12.8. The molecule has 0 radical (unpaired) electrons. The molecule has 28 heavy (non-hydrogen) atoms. The van der Waals surface area contributed by atoms with E-state index < -0.39 is 18.0 Å². The lowest BCUT2D eigenvalue weighted by Crippen LogP contribution is -2.45. The lowest BCUT2D eigenvalue weighted by Gasteiger charge is -2.28. The van der Waals surface area contributed by atoms with Gasteiger partial charge in [-0.2, -0.15) is 0 Å². The molecule has 8 heteroatoms. The Bertz CT molecular complexity index is 942. The summed E-state index contributed by atoms with van der Waals surface area (Å²) in [6, 6.07) is 11.0. The second kappa shape index (κ2) is 8.54. The zero-order valence-electron chi connectivity index (χ0n) is 15.2. The number of amides is 2. The Hall–Kier alpha value is -2.70. The molecule has 0 spiro atoms. The van der Waals surface area contributed by atoms with Gasteiger partial charge >= 0.3 is 12.0 Å². The molecule has 0 fully saturated rings. The summed E-state index contributed by atoms with van der Waals surface area (Å²) < 4.78 is 10.6. The summed E-state index contributed by atoms with van der Waals surface area (Å²) in [5.74, 6) is 0.171. The van der Waals surface area contributed by atoms with Gasteiger partial charge in [0.05, 0.1) is 28.8 Å². The van der Waals surface area contributed by atoms with Gasteiger partial charge in [-0.25, -0.2) is 9.59 Å². The van der Waals surface area contributed by atoms with Crippen molar-refractivity contribution in [3.63, 3.8) is 0 Å². The fourth-order valence-corrected chi connectivity index (χ4v) is 3.16. The molecule has 3 rings (SSSR count). The number of urea groups is 1. The molecule has 6 nitrogen and oxygen atoms in total. The van der Waals surface area contributed by atoms with E-state index in [-0.39, 0.29) is 6.61 Å². The van der Waals surface area contributed by atoms with Crippen LogP contribution in [0.25, 0.3) is 0 Å². The van der Waals surface area contributed by atoms with Crippen LogP contribution in [-0.4, -0.2) is 19.1 Å². The monoisotopic (exact) mass is 420 g/mol. The van der Waals surface area contributed by atoms with Gasteiger partial charge in [-0.1, -0.05) is 41.4 Å². The molecule has 0 saturated carbocycles. The lowest BCUT2D eigenvalue weighted by atomic mass is 9.95. The van der Waals surface area contributed by atoms with Crippen LogP contribution in [0.2, 0.25) is 10.0 Å². The average molecular weight is 421 g/mol. The van der Waals surface area contributed by atoms with Gasteiger partial charge in [0.25, 0.3) is 0 Å². The molecule has 1 heterocycles. The van der Waals surface area contributed by atoms with Gasteiger partial charge < -0.3 is 20.1 Å². The molecular weight excluding hydrogens is 403 g/mol. The normalized spacial score (nSPS) is 16.3. The highest BCUT2D eigenvalue weighted by atomic mass is 35.5. The Balaban J connectivity index is 1.82. The molecule has 0 unspecified atom stereocenters. The second-order valence-electron chi connectivity index (χ2n) is 6.17. The first-order valence-electron chi connectivity index (χ1n) is 8.42.